The van der Waals surface area contributed by atoms with Gasteiger partial charge in [0.2, 0.25) is 10.0 Å². The molecule has 9 heteroatoms. The monoisotopic (exact) mass is 465 g/mol. The maximum Gasteiger partial charge on any atom is 0.329 e. The summed E-state index contributed by atoms with van der Waals surface area (Å²) in [5, 5.41) is 8.85. The molecule has 1 aliphatic rings. The molecule has 1 atom stereocenters. The molecule has 0 saturated carbocycles. The molecule has 1 heterocycles. The number of ether oxygens (including phenoxy) is 1. The molecule has 0 saturated heterocycles. The molecule has 1 aliphatic heterocycles. The summed E-state index contributed by atoms with van der Waals surface area (Å²) in [6, 6.07) is 15.2. The van der Waals surface area contributed by atoms with Crippen LogP contribution in [0.15, 0.2) is 65.6 Å². The van der Waals surface area contributed by atoms with Crippen LogP contribution in [0.3, 0.4) is 0 Å². The van der Waals surface area contributed by atoms with Crippen LogP contribution in [0.25, 0.3) is 5.70 Å². The lowest BCUT2D eigenvalue weighted by molar-refractivity contribution is -0.146. The van der Waals surface area contributed by atoms with E-state index >= 15 is 0 Å². The first-order valence-corrected chi connectivity index (χ1v) is 11.2. The summed E-state index contributed by atoms with van der Waals surface area (Å²) in [7, 11) is -3.79. The first-order chi connectivity index (χ1) is 13.4. The summed E-state index contributed by atoms with van der Waals surface area (Å²) in [5.74, 6) is -0.362. The zero-order chi connectivity index (χ0) is 20.3. The van der Waals surface area contributed by atoms with E-state index < -0.39 is 16.1 Å². The Hall–Kier alpha value is -2.20. The Morgan fingerprint density at radius 3 is 2.32 bits per heavy atom. The Morgan fingerprint density at radius 2 is 1.79 bits per heavy atom. The minimum atomic E-state index is -3.79. The number of hydrazine groups is 1. The lowest BCUT2D eigenvalue weighted by Gasteiger charge is -2.33. The Kier molecular flexibility index (Phi) is 6.19. The Labute approximate surface area is 172 Å². The number of primary sulfonamides is 1. The van der Waals surface area contributed by atoms with Crippen LogP contribution in [-0.4, -0.2) is 37.5 Å². The average Bonchev–Trinajstić information content (AvgIpc) is 3.08. The van der Waals surface area contributed by atoms with E-state index in [-0.39, 0.29) is 17.5 Å². The van der Waals surface area contributed by atoms with Crippen molar-refractivity contribution in [2.75, 3.05) is 17.1 Å². The maximum atomic E-state index is 12.5. The van der Waals surface area contributed by atoms with Gasteiger partial charge in [0, 0.05) is 0 Å². The number of esters is 1. The number of anilines is 1. The van der Waals surface area contributed by atoms with Crippen LogP contribution in [0.4, 0.5) is 5.69 Å². The van der Waals surface area contributed by atoms with Crippen molar-refractivity contribution in [1.29, 1.82) is 0 Å². The average molecular weight is 466 g/mol. The molecule has 3 rings (SSSR count). The predicted molar refractivity (Wildman–Crippen MR) is 111 cm³/mol. The van der Waals surface area contributed by atoms with Crippen molar-refractivity contribution >= 4 is 43.3 Å². The fraction of sp³-hybridized carbons (Fsp3) is 0.211. The van der Waals surface area contributed by atoms with Crippen molar-refractivity contribution in [3.8, 4) is 0 Å². The molecule has 2 aromatic carbocycles. The van der Waals surface area contributed by atoms with Gasteiger partial charge in [-0.1, -0.05) is 46.3 Å². The van der Waals surface area contributed by atoms with Gasteiger partial charge in [0.25, 0.3) is 0 Å². The van der Waals surface area contributed by atoms with Gasteiger partial charge in [0.05, 0.1) is 28.3 Å². The highest BCUT2D eigenvalue weighted by Gasteiger charge is 2.38. The number of hydrogen-bond acceptors (Lipinski definition) is 6. The van der Waals surface area contributed by atoms with Gasteiger partial charge in [-0.25, -0.2) is 18.4 Å². The molecule has 0 aliphatic carbocycles. The molecule has 148 valence electrons. The number of carbonyl (C=O) groups is 1. The molecule has 0 fully saturated rings. The van der Waals surface area contributed by atoms with Crippen molar-refractivity contribution in [2.24, 2.45) is 5.14 Å². The summed E-state index contributed by atoms with van der Waals surface area (Å²) >= 11 is 3.45. The summed E-state index contributed by atoms with van der Waals surface area (Å²) in [5.41, 5.74) is 2.76. The van der Waals surface area contributed by atoms with Crippen molar-refractivity contribution in [3.05, 3.63) is 66.2 Å². The topological polar surface area (TPSA) is 92.9 Å². The minimum Gasteiger partial charge on any atom is -0.465 e. The third-order valence-electron chi connectivity index (χ3n) is 4.25. The number of nitrogens with two attached hydrogens (primary N) is 1. The third-order valence-corrected chi connectivity index (χ3v) is 5.69. The first kappa shape index (κ1) is 20.5. The van der Waals surface area contributed by atoms with Crippen LogP contribution in [0, 0.1) is 0 Å². The minimum absolute atomic E-state index is 0.0213. The third kappa shape index (κ3) is 4.12. The second kappa shape index (κ2) is 8.44. The molecule has 0 radical (unpaired) electrons. The zero-order valence-corrected chi connectivity index (χ0v) is 17.6. The standard InChI is InChI=1S/C19H20BrN3O4S/c1-2-27-19(24)18-12-17(14-6-4-3-5-7-14)23(22(18)13-20)15-8-10-16(11-9-15)28(21,25)26/h3-12,18H,2,13H2,1H3,(H2,21,25,26). The van der Waals surface area contributed by atoms with Gasteiger partial charge in [0.15, 0.2) is 0 Å². The molecule has 28 heavy (non-hydrogen) atoms. The number of nitrogens with zero attached hydrogens (tertiary/aromatic N) is 2. The van der Waals surface area contributed by atoms with E-state index in [0.717, 1.165) is 11.3 Å². The molecule has 7 nitrogen and oxygen atoms in total. The van der Waals surface area contributed by atoms with E-state index in [1.807, 2.05) is 41.4 Å². The van der Waals surface area contributed by atoms with E-state index in [1.165, 1.54) is 12.1 Å². The van der Waals surface area contributed by atoms with Crippen LogP contribution in [0.1, 0.15) is 12.5 Å². The maximum absolute atomic E-state index is 12.5. The molecule has 2 N–H and O–H groups in total. The van der Waals surface area contributed by atoms with Crippen LogP contribution in [-0.2, 0) is 19.6 Å². The van der Waals surface area contributed by atoms with Crippen LogP contribution in [0.2, 0.25) is 0 Å². The Bertz CT molecular complexity index is 978. The number of carbonyl (C=O) groups excluding carboxylic acids is 1. The van der Waals surface area contributed by atoms with Crippen LogP contribution in [0.5, 0.6) is 0 Å². The van der Waals surface area contributed by atoms with E-state index in [9.17, 15) is 13.2 Å². The van der Waals surface area contributed by atoms with E-state index in [2.05, 4.69) is 15.9 Å². The second-order valence-electron chi connectivity index (χ2n) is 6.02. The summed E-state index contributed by atoms with van der Waals surface area (Å²) in [4.78, 5) is 12.5. The Balaban J connectivity index is 2.07. The summed E-state index contributed by atoms with van der Waals surface area (Å²) in [6.45, 7) is 2.04. The van der Waals surface area contributed by atoms with Crippen molar-refractivity contribution in [1.82, 2.24) is 5.01 Å². The van der Waals surface area contributed by atoms with Gasteiger partial charge in [0.1, 0.15) is 6.04 Å². The smallest absolute Gasteiger partial charge is 0.329 e. The van der Waals surface area contributed by atoms with E-state index in [0.29, 0.717) is 11.1 Å². The predicted octanol–water partition coefficient (Wildman–Crippen LogP) is 2.70. The lowest BCUT2D eigenvalue weighted by atomic mass is 10.1. The zero-order valence-electron chi connectivity index (χ0n) is 15.2. The van der Waals surface area contributed by atoms with E-state index in [4.69, 9.17) is 9.88 Å². The normalized spacial score (nSPS) is 17.5. The molecule has 2 aromatic rings. The van der Waals surface area contributed by atoms with E-state index in [1.54, 1.807) is 24.1 Å². The number of rotatable bonds is 6. The van der Waals surface area contributed by atoms with Gasteiger partial charge in [-0.15, -0.1) is 0 Å². The van der Waals surface area contributed by atoms with Gasteiger partial charge in [-0.05, 0) is 42.8 Å². The number of halogens is 1. The second-order valence-corrected chi connectivity index (χ2v) is 8.09. The summed E-state index contributed by atoms with van der Waals surface area (Å²) in [6.07, 6.45) is 1.84. The summed E-state index contributed by atoms with van der Waals surface area (Å²) < 4.78 is 28.3. The molecule has 1 unspecified atom stereocenters. The first-order valence-electron chi connectivity index (χ1n) is 8.56. The quantitative estimate of drug-likeness (QED) is 0.400. The van der Waals surface area contributed by atoms with Gasteiger partial charge in [-0.3, -0.25) is 5.01 Å². The lowest BCUT2D eigenvalue weighted by Crippen LogP contribution is -2.45. The van der Waals surface area contributed by atoms with Gasteiger partial charge >= 0.3 is 5.97 Å². The van der Waals surface area contributed by atoms with Crippen LogP contribution >= 0.6 is 15.9 Å². The molecular weight excluding hydrogens is 446 g/mol. The molecule has 0 aromatic heterocycles. The highest BCUT2D eigenvalue weighted by Crippen LogP contribution is 2.36. The van der Waals surface area contributed by atoms with Gasteiger partial charge in [-0.2, -0.15) is 5.01 Å². The number of benzene rings is 2. The number of alkyl halides is 1. The fourth-order valence-corrected chi connectivity index (χ4v) is 4.06. The molecule has 0 bridgehead atoms. The number of hydrogen-bond donors (Lipinski definition) is 1. The molecular formula is C19H20BrN3O4S. The largest absolute Gasteiger partial charge is 0.465 e. The van der Waals surface area contributed by atoms with Crippen molar-refractivity contribution < 1.29 is 17.9 Å². The van der Waals surface area contributed by atoms with Crippen LogP contribution < -0.4 is 10.1 Å². The van der Waals surface area contributed by atoms with Crippen molar-refractivity contribution in [3.63, 3.8) is 0 Å². The SMILES string of the molecule is CCOC(=O)C1C=C(c2ccccc2)N(c2ccc(S(N)(=O)=O)cc2)N1CBr. The Morgan fingerprint density at radius 1 is 1.14 bits per heavy atom. The molecule has 0 amide bonds. The number of sulfonamides is 1. The highest BCUT2D eigenvalue weighted by atomic mass is 79.9. The van der Waals surface area contributed by atoms with Crippen molar-refractivity contribution in [2.45, 2.75) is 17.9 Å². The van der Waals surface area contributed by atoms with Gasteiger partial charge < -0.3 is 4.74 Å². The fourth-order valence-electron chi connectivity index (χ4n) is 3.01. The highest BCUT2D eigenvalue weighted by molar-refractivity contribution is 9.09. The molecule has 0 spiro atoms.